The molecule has 6 nitrogen and oxygen atoms in total. The zero-order valence-electron chi connectivity index (χ0n) is 13.1. The lowest BCUT2D eigenvalue weighted by atomic mass is 10.1. The second kappa shape index (κ2) is 9.17. The average molecular weight is 364 g/mol. The average Bonchev–Trinajstić information content (AvgIpc) is 2.92. The highest BCUT2D eigenvalue weighted by Gasteiger charge is 2.24. The quantitative estimate of drug-likeness (QED) is 0.766. The smallest absolute Gasteiger partial charge is 0.255 e. The van der Waals surface area contributed by atoms with Gasteiger partial charge in [0.25, 0.3) is 5.91 Å². The molecule has 1 unspecified atom stereocenters. The minimum Gasteiger partial charge on any atom is -0.493 e. The van der Waals surface area contributed by atoms with E-state index in [-0.39, 0.29) is 19.0 Å². The molecule has 0 radical (unpaired) electrons. The number of carbonyl (C=O) groups excluding carboxylic acids is 1. The van der Waals surface area contributed by atoms with E-state index in [4.69, 9.17) is 32.5 Å². The van der Waals surface area contributed by atoms with Crippen LogP contribution in [0.4, 0.5) is 0 Å². The number of amides is 1. The maximum absolute atomic E-state index is 10.8. The van der Waals surface area contributed by atoms with Crippen molar-refractivity contribution in [2.24, 2.45) is 11.5 Å². The van der Waals surface area contributed by atoms with E-state index >= 15 is 0 Å². The van der Waals surface area contributed by atoms with Crippen LogP contribution in [0, 0.1) is 0 Å². The molecular weight excluding hydrogens is 341 g/mol. The molecule has 130 valence electrons. The first-order chi connectivity index (χ1) is 10.5. The number of likely N-dealkylation sites (tertiary alicyclic amines) is 1. The Kier molecular flexibility index (Phi) is 7.91. The predicted molar refractivity (Wildman–Crippen MR) is 92.4 cm³/mol. The zero-order chi connectivity index (χ0) is 16.1. The normalized spacial score (nSPS) is 17.6. The molecule has 1 aromatic rings. The van der Waals surface area contributed by atoms with Crippen molar-refractivity contribution in [3.63, 3.8) is 0 Å². The van der Waals surface area contributed by atoms with Crippen molar-refractivity contribution in [1.29, 1.82) is 0 Å². The molecule has 0 aliphatic carbocycles. The number of primary amides is 1. The minimum absolute atomic E-state index is 0. The lowest BCUT2D eigenvalue weighted by Gasteiger charge is -2.23. The van der Waals surface area contributed by atoms with E-state index in [9.17, 15) is 4.79 Å². The van der Waals surface area contributed by atoms with Gasteiger partial charge in [-0.2, -0.15) is 0 Å². The second-order valence-electron chi connectivity index (χ2n) is 5.37. The Bertz CT molecular complexity index is 543. The van der Waals surface area contributed by atoms with Gasteiger partial charge in [-0.1, -0.05) is 11.6 Å². The minimum atomic E-state index is -0.565. The van der Waals surface area contributed by atoms with E-state index in [0.717, 1.165) is 31.5 Å². The number of carbonyl (C=O) groups is 1. The highest BCUT2D eigenvalue weighted by Crippen LogP contribution is 2.37. The molecule has 8 heteroatoms. The third-order valence-electron chi connectivity index (χ3n) is 3.80. The van der Waals surface area contributed by atoms with Crippen LogP contribution in [0.15, 0.2) is 12.1 Å². The Hall–Kier alpha value is -1.21. The van der Waals surface area contributed by atoms with E-state index in [2.05, 4.69) is 4.90 Å². The van der Waals surface area contributed by atoms with Crippen molar-refractivity contribution in [3.8, 4) is 11.5 Å². The summed E-state index contributed by atoms with van der Waals surface area (Å²) in [6.45, 7) is 2.21. The summed E-state index contributed by atoms with van der Waals surface area (Å²) in [5.41, 5.74) is 11.9. The fourth-order valence-corrected chi connectivity index (χ4v) is 3.04. The molecule has 23 heavy (non-hydrogen) atoms. The van der Waals surface area contributed by atoms with Crippen LogP contribution < -0.4 is 20.9 Å². The Labute approximate surface area is 147 Å². The number of methoxy groups -OCH3 is 1. The fourth-order valence-electron chi connectivity index (χ4n) is 2.75. The first-order valence-electron chi connectivity index (χ1n) is 7.26. The number of ether oxygens (including phenoxy) is 2. The first kappa shape index (κ1) is 19.8. The Morgan fingerprint density at radius 2 is 2.22 bits per heavy atom. The Morgan fingerprint density at radius 3 is 2.83 bits per heavy atom. The molecule has 0 spiro atoms. The van der Waals surface area contributed by atoms with Crippen LogP contribution in [0.2, 0.25) is 5.02 Å². The third-order valence-corrected chi connectivity index (χ3v) is 4.09. The summed E-state index contributed by atoms with van der Waals surface area (Å²) >= 11 is 6.25. The number of rotatable bonds is 7. The number of nitrogens with zero attached hydrogens (tertiary/aromatic N) is 1. The molecule has 1 heterocycles. The van der Waals surface area contributed by atoms with Crippen LogP contribution in [0.1, 0.15) is 18.4 Å². The number of benzene rings is 1. The fraction of sp³-hybridized carbons (Fsp3) is 0.533. The van der Waals surface area contributed by atoms with Crippen molar-refractivity contribution in [2.45, 2.75) is 25.4 Å². The molecule has 2 rings (SSSR count). The van der Waals surface area contributed by atoms with E-state index in [1.807, 2.05) is 12.1 Å². The van der Waals surface area contributed by atoms with E-state index in [1.165, 1.54) is 7.11 Å². The van der Waals surface area contributed by atoms with Crippen molar-refractivity contribution in [2.75, 3.05) is 26.8 Å². The molecule has 1 amide bonds. The maximum atomic E-state index is 10.8. The third kappa shape index (κ3) is 5.14. The topological polar surface area (TPSA) is 90.8 Å². The molecule has 1 aliphatic heterocycles. The standard InChI is InChI=1S/C15H22ClN3O3.ClH/c1-21-13-6-10(8-19-4-2-3-11(19)7-17)5-12(16)15(13)22-9-14(18)20;/h5-6,11H,2-4,7-9,17H2,1H3,(H2,18,20);1H. The SMILES string of the molecule is COc1cc(CN2CCCC2CN)cc(Cl)c1OCC(N)=O.Cl. The second-order valence-corrected chi connectivity index (χ2v) is 5.77. The number of halogens is 2. The molecule has 0 bridgehead atoms. The molecule has 1 saturated heterocycles. The highest BCUT2D eigenvalue weighted by molar-refractivity contribution is 6.32. The van der Waals surface area contributed by atoms with Gasteiger partial charge in [-0.05, 0) is 37.1 Å². The molecule has 1 fully saturated rings. The summed E-state index contributed by atoms with van der Waals surface area (Å²) in [5.74, 6) is 0.265. The molecule has 1 atom stereocenters. The highest BCUT2D eigenvalue weighted by atomic mass is 35.5. The van der Waals surface area contributed by atoms with Crippen LogP contribution in [-0.2, 0) is 11.3 Å². The summed E-state index contributed by atoms with van der Waals surface area (Å²) in [6.07, 6.45) is 2.29. The van der Waals surface area contributed by atoms with Gasteiger partial charge in [0.1, 0.15) is 0 Å². The van der Waals surface area contributed by atoms with Crippen molar-refractivity contribution in [3.05, 3.63) is 22.7 Å². The van der Waals surface area contributed by atoms with Gasteiger partial charge in [0.05, 0.1) is 12.1 Å². The summed E-state index contributed by atoms with van der Waals surface area (Å²) in [4.78, 5) is 13.2. The monoisotopic (exact) mass is 363 g/mol. The molecule has 1 aromatic carbocycles. The van der Waals surface area contributed by atoms with E-state index < -0.39 is 5.91 Å². The first-order valence-corrected chi connectivity index (χ1v) is 7.64. The van der Waals surface area contributed by atoms with Crippen LogP contribution in [-0.4, -0.2) is 43.7 Å². The van der Waals surface area contributed by atoms with Gasteiger partial charge >= 0.3 is 0 Å². The predicted octanol–water partition coefficient (Wildman–Crippen LogP) is 1.56. The summed E-state index contributed by atoms with van der Waals surface area (Å²) < 4.78 is 10.6. The van der Waals surface area contributed by atoms with Gasteiger partial charge in [0, 0.05) is 19.1 Å². The van der Waals surface area contributed by atoms with Crippen molar-refractivity contribution < 1.29 is 14.3 Å². The molecule has 0 aromatic heterocycles. The summed E-state index contributed by atoms with van der Waals surface area (Å²) in [7, 11) is 1.53. The number of nitrogens with two attached hydrogens (primary N) is 2. The molecular formula is C15H23Cl2N3O3. The molecule has 0 saturated carbocycles. The van der Waals surface area contributed by atoms with Crippen LogP contribution in [0.5, 0.6) is 11.5 Å². The number of hydrogen-bond donors (Lipinski definition) is 2. The Morgan fingerprint density at radius 1 is 1.48 bits per heavy atom. The van der Waals surface area contributed by atoms with Crippen molar-refractivity contribution >= 4 is 29.9 Å². The molecule has 1 aliphatic rings. The lowest BCUT2D eigenvalue weighted by molar-refractivity contribution is -0.119. The van der Waals surface area contributed by atoms with Gasteiger partial charge in [-0.3, -0.25) is 9.69 Å². The van der Waals surface area contributed by atoms with Gasteiger partial charge in [0.2, 0.25) is 0 Å². The Balaban J connectivity index is 0.00000264. The van der Waals surface area contributed by atoms with Crippen molar-refractivity contribution in [1.82, 2.24) is 4.90 Å². The van der Waals surface area contributed by atoms with Crippen LogP contribution in [0.25, 0.3) is 0 Å². The van der Waals surface area contributed by atoms with Gasteiger partial charge in [-0.15, -0.1) is 12.4 Å². The van der Waals surface area contributed by atoms with Gasteiger partial charge < -0.3 is 20.9 Å². The maximum Gasteiger partial charge on any atom is 0.255 e. The molecule has 4 N–H and O–H groups in total. The zero-order valence-corrected chi connectivity index (χ0v) is 14.7. The lowest BCUT2D eigenvalue weighted by Crippen LogP contribution is -2.34. The van der Waals surface area contributed by atoms with E-state index in [0.29, 0.717) is 29.1 Å². The van der Waals surface area contributed by atoms with Crippen LogP contribution >= 0.6 is 24.0 Å². The van der Waals surface area contributed by atoms with Gasteiger partial charge in [0.15, 0.2) is 18.1 Å². The largest absolute Gasteiger partial charge is 0.493 e. The van der Waals surface area contributed by atoms with E-state index in [1.54, 1.807) is 0 Å². The summed E-state index contributed by atoms with van der Waals surface area (Å²) in [6, 6.07) is 4.11. The number of hydrogen-bond acceptors (Lipinski definition) is 5. The van der Waals surface area contributed by atoms with Crippen LogP contribution in [0.3, 0.4) is 0 Å². The van der Waals surface area contributed by atoms with Gasteiger partial charge in [-0.25, -0.2) is 0 Å². The summed E-state index contributed by atoms with van der Waals surface area (Å²) in [5, 5.41) is 0.402.